The molecule has 1 heterocycles. The van der Waals surface area contributed by atoms with Crippen LogP contribution in [0.4, 0.5) is 0 Å². The molecule has 1 aliphatic heterocycles. The maximum Gasteiger partial charge on any atom is 0.274 e. The van der Waals surface area contributed by atoms with E-state index in [0.29, 0.717) is 24.4 Å². The summed E-state index contributed by atoms with van der Waals surface area (Å²) in [6, 6.07) is 4.91. The number of hydrogen-bond acceptors (Lipinski definition) is 4. The second kappa shape index (κ2) is 5.92. The van der Waals surface area contributed by atoms with Gasteiger partial charge in [-0.15, -0.1) is 0 Å². The third kappa shape index (κ3) is 2.91. The van der Waals surface area contributed by atoms with Gasteiger partial charge in [0.1, 0.15) is 11.9 Å². The Bertz CT molecular complexity index is 516. The first-order valence-electron chi connectivity index (χ1n) is 6.48. The lowest BCUT2D eigenvalue weighted by Crippen LogP contribution is -2.35. The Morgan fingerprint density at radius 3 is 2.90 bits per heavy atom. The van der Waals surface area contributed by atoms with E-state index in [1.807, 2.05) is 13.8 Å². The van der Waals surface area contributed by atoms with E-state index in [4.69, 9.17) is 9.94 Å². The van der Waals surface area contributed by atoms with Crippen molar-refractivity contribution in [1.29, 1.82) is 0 Å². The SMILES string of the molecule is CC(C)[C@@H]1CN(C=O)Cc2ccc(C(=O)NO)cc2O1. The molecule has 20 heavy (non-hydrogen) atoms. The zero-order valence-electron chi connectivity index (χ0n) is 11.5. The Hall–Kier alpha value is -2.08. The van der Waals surface area contributed by atoms with Crippen LogP contribution < -0.4 is 10.2 Å². The lowest BCUT2D eigenvalue weighted by atomic mass is 10.1. The molecule has 2 N–H and O–H groups in total. The topological polar surface area (TPSA) is 78.9 Å². The van der Waals surface area contributed by atoms with Gasteiger partial charge in [0, 0.05) is 17.7 Å². The van der Waals surface area contributed by atoms with Crippen LogP contribution in [0.25, 0.3) is 0 Å². The summed E-state index contributed by atoms with van der Waals surface area (Å²) in [7, 11) is 0. The second-order valence-electron chi connectivity index (χ2n) is 5.20. The largest absolute Gasteiger partial charge is 0.488 e. The number of fused-ring (bicyclic) bond motifs is 1. The summed E-state index contributed by atoms with van der Waals surface area (Å²) in [5, 5.41) is 8.67. The van der Waals surface area contributed by atoms with Gasteiger partial charge < -0.3 is 9.64 Å². The maximum absolute atomic E-state index is 11.4. The molecule has 0 aromatic heterocycles. The van der Waals surface area contributed by atoms with E-state index in [0.717, 1.165) is 12.0 Å². The fourth-order valence-electron chi connectivity index (χ4n) is 2.14. The van der Waals surface area contributed by atoms with Crippen molar-refractivity contribution in [3.63, 3.8) is 0 Å². The molecule has 2 amide bonds. The van der Waals surface area contributed by atoms with Gasteiger partial charge in [-0.05, 0) is 18.1 Å². The summed E-state index contributed by atoms with van der Waals surface area (Å²) in [6.07, 6.45) is 0.677. The Morgan fingerprint density at radius 1 is 1.55 bits per heavy atom. The Balaban J connectivity index is 2.37. The van der Waals surface area contributed by atoms with Crippen LogP contribution in [0, 0.1) is 5.92 Å². The van der Waals surface area contributed by atoms with Gasteiger partial charge in [-0.1, -0.05) is 19.9 Å². The Morgan fingerprint density at radius 2 is 2.30 bits per heavy atom. The van der Waals surface area contributed by atoms with Crippen LogP contribution in [-0.4, -0.2) is 35.1 Å². The van der Waals surface area contributed by atoms with Crippen LogP contribution in [0.1, 0.15) is 29.8 Å². The molecule has 0 saturated carbocycles. The van der Waals surface area contributed by atoms with Gasteiger partial charge >= 0.3 is 0 Å². The van der Waals surface area contributed by atoms with E-state index < -0.39 is 5.91 Å². The van der Waals surface area contributed by atoms with E-state index in [1.165, 1.54) is 0 Å². The summed E-state index contributed by atoms with van der Waals surface area (Å²) in [4.78, 5) is 24.2. The fourth-order valence-corrected chi connectivity index (χ4v) is 2.14. The van der Waals surface area contributed by atoms with Crippen LogP contribution in [0.3, 0.4) is 0 Å². The highest BCUT2D eigenvalue weighted by molar-refractivity contribution is 5.93. The van der Waals surface area contributed by atoms with Gasteiger partial charge in [0.2, 0.25) is 6.41 Å². The minimum Gasteiger partial charge on any atom is -0.488 e. The number of nitrogens with zero attached hydrogens (tertiary/aromatic N) is 1. The molecule has 1 aromatic carbocycles. The molecule has 6 nitrogen and oxygen atoms in total. The molecular weight excluding hydrogens is 260 g/mol. The molecule has 1 aliphatic rings. The number of ether oxygens (including phenoxy) is 1. The summed E-state index contributed by atoms with van der Waals surface area (Å²) in [5.74, 6) is 0.224. The molecule has 1 atom stereocenters. The molecule has 0 saturated heterocycles. The smallest absolute Gasteiger partial charge is 0.274 e. The number of benzene rings is 1. The predicted octanol–water partition coefficient (Wildman–Crippen LogP) is 1.18. The summed E-state index contributed by atoms with van der Waals surface area (Å²) in [6.45, 7) is 4.99. The Kier molecular flexibility index (Phi) is 4.24. The third-order valence-corrected chi connectivity index (χ3v) is 3.39. The average Bonchev–Trinajstić information content (AvgIpc) is 2.64. The van der Waals surface area contributed by atoms with Crippen LogP contribution in [0.2, 0.25) is 0 Å². The van der Waals surface area contributed by atoms with Gasteiger partial charge in [0.05, 0.1) is 6.54 Å². The van der Waals surface area contributed by atoms with Crippen molar-refractivity contribution < 1.29 is 19.5 Å². The minimum atomic E-state index is -0.589. The highest BCUT2D eigenvalue weighted by Gasteiger charge is 2.25. The average molecular weight is 278 g/mol. The first-order valence-corrected chi connectivity index (χ1v) is 6.48. The van der Waals surface area contributed by atoms with Gasteiger partial charge in [0.15, 0.2) is 0 Å². The van der Waals surface area contributed by atoms with Crippen molar-refractivity contribution in [3.8, 4) is 5.75 Å². The third-order valence-electron chi connectivity index (χ3n) is 3.39. The van der Waals surface area contributed by atoms with Crippen LogP contribution >= 0.6 is 0 Å². The highest BCUT2D eigenvalue weighted by Crippen LogP contribution is 2.28. The maximum atomic E-state index is 11.4. The highest BCUT2D eigenvalue weighted by atomic mass is 16.5. The number of hydrogen-bond donors (Lipinski definition) is 2. The molecule has 0 spiro atoms. The molecular formula is C14H18N2O4. The molecule has 6 heteroatoms. The van der Waals surface area contributed by atoms with Gasteiger partial charge in [0.25, 0.3) is 5.91 Å². The van der Waals surface area contributed by atoms with E-state index in [1.54, 1.807) is 28.6 Å². The first-order chi connectivity index (χ1) is 9.55. The van der Waals surface area contributed by atoms with Gasteiger partial charge in [-0.2, -0.15) is 0 Å². The van der Waals surface area contributed by atoms with Crippen molar-refractivity contribution in [2.45, 2.75) is 26.5 Å². The van der Waals surface area contributed by atoms with Crippen molar-refractivity contribution >= 4 is 12.3 Å². The summed E-state index contributed by atoms with van der Waals surface area (Å²) < 4.78 is 5.92. The quantitative estimate of drug-likeness (QED) is 0.494. The molecule has 108 valence electrons. The van der Waals surface area contributed by atoms with Crippen LogP contribution in [-0.2, 0) is 11.3 Å². The predicted molar refractivity (Wildman–Crippen MR) is 71.4 cm³/mol. The zero-order valence-corrected chi connectivity index (χ0v) is 11.5. The normalized spacial score (nSPS) is 18.0. The monoisotopic (exact) mass is 278 g/mol. The molecule has 0 bridgehead atoms. The van der Waals surface area contributed by atoms with E-state index in [-0.39, 0.29) is 12.0 Å². The minimum absolute atomic E-state index is 0.131. The standard InChI is InChI=1S/C14H18N2O4/c1-9(2)13-7-16(8-17)6-11-4-3-10(14(18)15-19)5-12(11)20-13/h3-5,8-9,13,19H,6-7H2,1-2H3,(H,15,18)/t13-/m0/s1. The number of carbonyl (C=O) groups excluding carboxylic acids is 2. The molecule has 1 aromatic rings. The number of nitrogens with one attached hydrogen (secondary N) is 1. The number of carbonyl (C=O) groups is 2. The van der Waals surface area contributed by atoms with E-state index in [9.17, 15) is 9.59 Å². The number of rotatable bonds is 3. The molecule has 2 rings (SSSR count). The second-order valence-corrected chi connectivity index (χ2v) is 5.20. The lowest BCUT2D eigenvalue weighted by Gasteiger charge is -2.23. The van der Waals surface area contributed by atoms with Crippen molar-refractivity contribution in [3.05, 3.63) is 29.3 Å². The molecule has 0 aliphatic carbocycles. The molecule has 0 unspecified atom stereocenters. The van der Waals surface area contributed by atoms with Crippen molar-refractivity contribution in [2.24, 2.45) is 5.92 Å². The molecule has 0 fully saturated rings. The van der Waals surface area contributed by atoms with Crippen LogP contribution in [0.5, 0.6) is 5.75 Å². The van der Waals surface area contributed by atoms with Crippen molar-refractivity contribution in [1.82, 2.24) is 10.4 Å². The van der Waals surface area contributed by atoms with Gasteiger partial charge in [-0.25, -0.2) is 5.48 Å². The number of hydroxylamine groups is 1. The first kappa shape index (κ1) is 14.3. The zero-order chi connectivity index (χ0) is 14.7. The lowest BCUT2D eigenvalue weighted by molar-refractivity contribution is -0.119. The van der Waals surface area contributed by atoms with Gasteiger partial charge in [-0.3, -0.25) is 14.8 Å². The van der Waals surface area contributed by atoms with E-state index in [2.05, 4.69) is 0 Å². The van der Waals surface area contributed by atoms with E-state index >= 15 is 0 Å². The summed E-state index contributed by atoms with van der Waals surface area (Å²) >= 11 is 0. The number of amides is 2. The van der Waals surface area contributed by atoms with Crippen LogP contribution in [0.15, 0.2) is 18.2 Å². The molecule has 0 radical (unpaired) electrons. The summed E-state index contributed by atoms with van der Waals surface area (Å²) in [5.41, 5.74) is 2.75. The van der Waals surface area contributed by atoms with Crippen molar-refractivity contribution in [2.75, 3.05) is 6.54 Å². The fraction of sp³-hybridized carbons (Fsp3) is 0.429. The Labute approximate surface area is 117 Å².